The Morgan fingerprint density at radius 3 is 2.00 bits per heavy atom. The van der Waals surface area contributed by atoms with E-state index < -0.39 is 0 Å². The van der Waals surface area contributed by atoms with Gasteiger partial charge in [0.1, 0.15) is 6.29 Å². The second-order valence-electron chi connectivity index (χ2n) is 9.47. The van der Waals surface area contributed by atoms with Crippen molar-refractivity contribution in [2.24, 2.45) is 29.1 Å². The van der Waals surface area contributed by atoms with Crippen LogP contribution in [0, 0.1) is 29.1 Å². The highest BCUT2D eigenvalue weighted by Crippen LogP contribution is 2.36. The SMILES string of the molecule is CC(C)C1CCN(CC2CCN(C)CC2(C)C)CC1.CC(C)C=O. The van der Waals surface area contributed by atoms with Gasteiger partial charge in [-0.3, -0.25) is 0 Å². The van der Waals surface area contributed by atoms with E-state index in [1.807, 2.05) is 13.8 Å². The average molecular weight is 339 g/mol. The Balaban J connectivity index is 0.000000505. The molecule has 2 saturated heterocycles. The lowest BCUT2D eigenvalue weighted by molar-refractivity contribution is -0.110. The molecular weight excluding hydrogens is 296 g/mol. The average Bonchev–Trinajstić information content (AvgIpc) is 2.50. The Labute approximate surface area is 151 Å². The van der Waals surface area contributed by atoms with Crippen LogP contribution >= 0.6 is 0 Å². The van der Waals surface area contributed by atoms with Crippen molar-refractivity contribution in [3.05, 3.63) is 0 Å². The molecule has 0 spiro atoms. The predicted molar refractivity (Wildman–Crippen MR) is 104 cm³/mol. The maximum absolute atomic E-state index is 9.50. The van der Waals surface area contributed by atoms with Crippen molar-refractivity contribution in [2.75, 3.05) is 39.8 Å². The predicted octanol–water partition coefficient (Wildman–Crippen LogP) is 4.17. The summed E-state index contributed by atoms with van der Waals surface area (Å²) in [5.74, 6) is 2.94. The third-order valence-corrected chi connectivity index (χ3v) is 5.97. The van der Waals surface area contributed by atoms with E-state index in [4.69, 9.17) is 0 Å². The van der Waals surface area contributed by atoms with Gasteiger partial charge in [0.15, 0.2) is 0 Å². The van der Waals surface area contributed by atoms with Crippen LogP contribution in [-0.4, -0.2) is 55.9 Å². The Hall–Kier alpha value is -0.410. The summed E-state index contributed by atoms with van der Waals surface area (Å²) in [6, 6.07) is 0. The molecule has 0 N–H and O–H groups in total. The first-order valence-corrected chi connectivity index (χ1v) is 10.0. The Morgan fingerprint density at radius 2 is 1.58 bits per heavy atom. The van der Waals surface area contributed by atoms with Crippen LogP contribution in [-0.2, 0) is 4.79 Å². The lowest BCUT2D eigenvalue weighted by Crippen LogP contribution is -2.49. The number of piperidine rings is 2. The van der Waals surface area contributed by atoms with E-state index in [0.717, 1.165) is 24.0 Å². The fourth-order valence-corrected chi connectivity index (χ4v) is 4.12. The number of hydrogen-bond donors (Lipinski definition) is 0. The van der Waals surface area contributed by atoms with Gasteiger partial charge in [-0.15, -0.1) is 0 Å². The summed E-state index contributed by atoms with van der Waals surface area (Å²) in [4.78, 5) is 14.8. The number of carbonyl (C=O) groups excluding carboxylic acids is 1. The van der Waals surface area contributed by atoms with E-state index in [-0.39, 0.29) is 5.92 Å². The highest BCUT2D eigenvalue weighted by molar-refractivity contribution is 5.51. The van der Waals surface area contributed by atoms with Crippen molar-refractivity contribution >= 4 is 6.29 Å². The van der Waals surface area contributed by atoms with E-state index in [1.54, 1.807) is 0 Å². The molecule has 0 aromatic carbocycles. The molecule has 0 amide bonds. The summed E-state index contributed by atoms with van der Waals surface area (Å²) in [7, 11) is 2.27. The highest BCUT2D eigenvalue weighted by atomic mass is 16.1. The molecule has 0 aromatic heterocycles. The molecular formula is C21H42N2O. The highest BCUT2D eigenvalue weighted by Gasteiger charge is 2.36. The quantitative estimate of drug-likeness (QED) is 0.719. The standard InChI is InChI=1S/C17H34N2.C4H8O/c1-14(2)15-6-10-19(11-7-15)12-16-8-9-18(5)13-17(16,3)4;1-4(2)3-5/h14-16H,6-13H2,1-5H3;3-4H,1-2H3. The zero-order chi connectivity index (χ0) is 18.3. The number of aldehydes is 1. The Morgan fingerprint density at radius 1 is 1.04 bits per heavy atom. The largest absolute Gasteiger partial charge is 0.306 e. The fraction of sp³-hybridized carbons (Fsp3) is 0.952. The topological polar surface area (TPSA) is 23.6 Å². The van der Waals surface area contributed by atoms with Crippen molar-refractivity contribution in [3.8, 4) is 0 Å². The number of hydrogen-bond acceptors (Lipinski definition) is 3. The Kier molecular flexibility index (Phi) is 8.94. The number of rotatable bonds is 4. The molecule has 2 fully saturated rings. The minimum absolute atomic E-state index is 0.204. The summed E-state index contributed by atoms with van der Waals surface area (Å²) in [6.45, 7) is 20.0. The molecule has 3 heteroatoms. The van der Waals surface area contributed by atoms with Crippen molar-refractivity contribution in [3.63, 3.8) is 0 Å². The first-order chi connectivity index (χ1) is 11.2. The molecule has 3 nitrogen and oxygen atoms in total. The molecule has 24 heavy (non-hydrogen) atoms. The number of likely N-dealkylation sites (tertiary alicyclic amines) is 2. The van der Waals surface area contributed by atoms with Crippen LogP contribution in [0.1, 0.15) is 60.8 Å². The molecule has 2 aliphatic heterocycles. The van der Waals surface area contributed by atoms with Gasteiger partial charge in [-0.25, -0.2) is 0 Å². The van der Waals surface area contributed by atoms with Crippen molar-refractivity contribution in [2.45, 2.75) is 60.8 Å². The molecule has 0 radical (unpaired) electrons. The molecule has 0 bridgehead atoms. The van der Waals surface area contributed by atoms with Gasteiger partial charge in [0.25, 0.3) is 0 Å². The lowest BCUT2D eigenvalue weighted by atomic mass is 9.73. The molecule has 0 aromatic rings. The van der Waals surface area contributed by atoms with Gasteiger partial charge in [-0.2, -0.15) is 0 Å². The number of carbonyl (C=O) groups is 1. The number of nitrogens with zero attached hydrogens (tertiary/aromatic N) is 2. The van der Waals surface area contributed by atoms with Crippen LogP contribution in [0.5, 0.6) is 0 Å². The zero-order valence-corrected chi connectivity index (χ0v) is 17.3. The van der Waals surface area contributed by atoms with Crippen molar-refractivity contribution < 1.29 is 4.79 Å². The van der Waals surface area contributed by atoms with Crippen molar-refractivity contribution in [1.82, 2.24) is 9.80 Å². The summed E-state index contributed by atoms with van der Waals surface area (Å²) in [6.07, 6.45) is 5.14. The monoisotopic (exact) mass is 338 g/mol. The van der Waals surface area contributed by atoms with E-state index >= 15 is 0 Å². The second kappa shape index (κ2) is 9.91. The van der Waals surface area contributed by atoms with Crippen LogP contribution in [0.3, 0.4) is 0 Å². The van der Waals surface area contributed by atoms with Gasteiger partial charge in [0.05, 0.1) is 0 Å². The summed E-state index contributed by atoms with van der Waals surface area (Å²) in [5.41, 5.74) is 0.488. The van der Waals surface area contributed by atoms with Gasteiger partial charge in [-0.1, -0.05) is 41.5 Å². The van der Waals surface area contributed by atoms with Gasteiger partial charge in [0.2, 0.25) is 0 Å². The third kappa shape index (κ3) is 7.23. The van der Waals surface area contributed by atoms with Crippen LogP contribution < -0.4 is 0 Å². The van der Waals surface area contributed by atoms with Gasteiger partial charge in [-0.05, 0) is 69.1 Å². The normalized spacial score (nSPS) is 26.3. The smallest absolute Gasteiger partial charge is 0.122 e. The summed E-state index contributed by atoms with van der Waals surface area (Å²) < 4.78 is 0. The first kappa shape index (κ1) is 21.6. The van der Waals surface area contributed by atoms with E-state index in [0.29, 0.717) is 5.41 Å². The first-order valence-electron chi connectivity index (χ1n) is 10.0. The van der Waals surface area contributed by atoms with Gasteiger partial charge in [0, 0.05) is 19.0 Å². The van der Waals surface area contributed by atoms with Crippen LogP contribution in [0.2, 0.25) is 0 Å². The lowest BCUT2D eigenvalue weighted by Gasteiger charge is -2.46. The molecule has 2 rings (SSSR count). The van der Waals surface area contributed by atoms with Crippen molar-refractivity contribution in [1.29, 1.82) is 0 Å². The van der Waals surface area contributed by atoms with Crippen LogP contribution in [0.15, 0.2) is 0 Å². The third-order valence-electron chi connectivity index (χ3n) is 5.97. The molecule has 0 saturated carbocycles. The van der Waals surface area contributed by atoms with Gasteiger partial charge >= 0.3 is 0 Å². The van der Waals surface area contributed by atoms with E-state index in [9.17, 15) is 4.79 Å². The molecule has 0 aliphatic carbocycles. The molecule has 1 atom stereocenters. The molecule has 142 valence electrons. The Bertz CT molecular complexity index is 357. The maximum atomic E-state index is 9.50. The molecule has 1 unspecified atom stereocenters. The van der Waals surface area contributed by atoms with Crippen LogP contribution in [0.25, 0.3) is 0 Å². The minimum Gasteiger partial charge on any atom is -0.306 e. The van der Waals surface area contributed by atoms with Gasteiger partial charge < -0.3 is 14.6 Å². The fourth-order valence-electron chi connectivity index (χ4n) is 4.12. The second-order valence-corrected chi connectivity index (χ2v) is 9.47. The maximum Gasteiger partial charge on any atom is 0.122 e. The molecule has 2 aliphatic rings. The zero-order valence-electron chi connectivity index (χ0n) is 17.3. The van der Waals surface area contributed by atoms with E-state index in [1.165, 1.54) is 52.0 Å². The summed E-state index contributed by atoms with van der Waals surface area (Å²) >= 11 is 0. The van der Waals surface area contributed by atoms with E-state index in [2.05, 4.69) is 44.5 Å². The minimum atomic E-state index is 0.204. The summed E-state index contributed by atoms with van der Waals surface area (Å²) in [5, 5.41) is 0. The molecule has 2 heterocycles. The van der Waals surface area contributed by atoms with Crippen LogP contribution in [0.4, 0.5) is 0 Å².